The lowest BCUT2D eigenvalue weighted by Gasteiger charge is -2.06. The third-order valence-corrected chi connectivity index (χ3v) is 3.71. The molecule has 0 unspecified atom stereocenters. The topological polar surface area (TPSA) is 64.3 Å². The van der Waals surface area contributed by atoms with Crippen LogP contribution >= 0.6 is 11.8 Å². The molecule has 1 heterocycles. The quantitative estimate of drug-likeness (QED) is 0.655. The Hall–Kier alpha value is -1.95. The second-order valence-electron chi connectivity index (χ2n) is 4.27. The van der Waals surface area contributed by atoms with Crippen LogP contribution in [0.3, 0.4) is 0 Å². The number of ether oxygens (including phenoxy) is 1. The summed E-state index contributed by atoms with van der Waals surface area (Å²) in [6.45, 7) is 2.52. The molecular formula is C14H16N2O3S. The van der Waals surface area contributed by atoms with Gasteiger partial charge < -0.3 is 9.84 Å². The van der Waals surface area contributed by atoms with Crippen molar-refractivity contribution in [3.8, 4) is 5.75 Å². The Bertz CT molecular complexity index is 593. The van der Waals surface area contributed by atoms with Crippen molar-refractivity contribution in [2.75, 3.05) is 12.4 Å². The van der Waals surface area contributed by atoms with Gasteiger partial charge in [-0.3, -0.25) is 4.68 Å². The minimum absolute atomic E-state index is 0.261. The second kappa shape index (κ2) is 6.47. The summed E-state index contributed by atoms with van der Waals surface area (Å²) in [6, 6.07) is 8.45. The van der Waals surface area contributed by atoms with Crippen LogP contribution < -0.4 is 4.74 Å². The Balaban J connectivity index is 1.78. The van der Waals surface area contributed by atoms with E-state index < -0.39 is 5.97 Å². The number of benzene rings is 1. The lowest BCUT2D eigenvalue weighted by molar-refractivity contribution is 0.0697. The summed E-state index contributed by atoms with van der Waals surface area (Å²) in [6.07, 6.45) is 0. The van der Waals surface area contributed by atoms with E-state index in [2.05, 4.69) is 5.10 Å². The van der Waals surface area contributed by atoms with E-state index in [4.69, 9.17) is 9.84 Å². The van der Waals surface area contributed by atoms with Gasteiger partial charge in [0.15, 0.2) is 0 Å². The summed E-state index contributed by atoms with van der Waals surface area (Å²) in [5.41, 5.74) is 1.26. The van der Waals surface area contributed by atoms with Crippen LogP contribution in [0.15, 0.2) is 35.4 Å². The fourth-order valence-electron chi connectivity index (χ4n) is 1.72. The molecular weight excluding hydrogens is 276 g/mol. The highest BCUT2D eigenvalue weighted by molar-refractivity contribution is 7.99. The van der Waals surface area contributed by atoms with Gasteiger partial charge in [-0.15, -0.1) is 11.8 Å². The molecule has 1 N–H and O–H groups in total. The maximum atomic E-state index is 10.7. The van der Waals surface area contributed by atoms with E-state index in [1.807, 2.05) is 24.7 Å². The van der Waals surface area contributed by atoms with Crippen LogP contribution in [-0.2, 0) is 7.05 Å². The molecule has 0 amide bonds. The molecule has 0 aliphatic heterocycles. The van der Waals surface area contributed by atoms with Gasteiger partial charge in [-0.05, 0) is 37.3 Å². The smallest absolute Gasteiger partial charge is 0.335 e. The van der Waals surface area contributed by atoms with Gasteiger partial charge in [0.05, 0.1) is 22.9 Å². The van der Waals surface area contributed by atoms with Gasteiger partial charge in [0.1, 0.15) is 5.75 Å². The Kier molecular flexibility index (Phi) is 4.68. The first-order valence-corrected chi connectivity index (χ1v) is 7.14. The molecule has 106 valence electrons. The fourth-order valence-corrected chi connectivity index (χ4v) is 2.58. The molecule has 1 aromatic carbocycles. The molecule has 6 heteroatoms. The SMILES string of the molecule is Cc1cc(SCCOc2ccc(C(=O)O)cc2)n(C)n1. The summed E-state index contributed by atoms with van der Waals surface area (Å²) in [7, 11) is 1.92. The van der Waals surface area contributed by atoms with Crippen LogP contribution in [0.1, 0.15) is 16.1 Å². The van der Waals surface area contributed by atoms with Crippen LogP contribution in [0.4, 0.5) is 0 Å². The number of hydrogen-bond acceptors (Lipinski definition) is 4. The summed E-state index contributed by atoms with van der Waals surface area (Å²) in [5, 5.41) is 14.2. The normalized spacial score (nSPS) is 10.5. The average molecular weight is 292 g/mol. The molecule has 0 fully saturated rings. The van der Waals surface area contributed by atoms with Gasteiger partial charge in [0.2, 0.25) is 0 Å². The average Bonchev–Trinajstić information content (AvgIpc) is 2.73. The fraction of sp³-hybridized carbons (Fsp3) is 0.286. The van der Waals surface area contributed by atoms with Crippen molar-refractivity contribution in [2.45, 2.75) is 11.9 Å². The van der Waals surface area contributed by atoms with E-state index in [0.29, 0.717) is 12.4 Å². The Morgan fingerprint density at radius 1 is 1.40 bits per heavy atom. The minimum Gasteiger partial charge on any atom is -0.493 e. The Morgan fingerprint density at radius 3 is 2.65 bits per heavy atom. The number of carboxylic acids is 1. The molecule has 0 spiro atoms. The number of carboxylic acid groups (broad SMARTS) is 1. The number of rotatable bonds is 6. The number of aromatic carboxylic acids is 1. The number of carbonyl (C=O) groups is 1. The van der Waals surface area contributed by atoms with Crippen molar-refractivity contribution < 1.29 is 14.6 Å². The third kappa shape index (κ3) is 3.77. The zero-order valence-corrected chi connectivity index (χ0v) is 12.2. The maximum absolute atomic E-state index is 10.7. The first kappa shape index (κ1) is 14.5. The van der Waals surface area contributed by atoms with E-state index in [1.165, 1.54) is 12.1 Å². The van der Waals surface area contributed by atoms with E-state index in [9.17, 15) is 4.79 Å². The number of nitrogens with zero attached hydrogens (tertiary/aromatic N) is 2. The Morgan fingerprint density at radius 2 is 2.10 bits per heavy atom. The number of hydrogen-bond donors (Lipinski definition) is 1. The lowest BCUT2D eigenvalue weighted by Crippen LogP contribution is -2.02. The van der Waals surface area contributed by atoms with Crippen molar-refractivity contribution in [2.24, 2.45) is 7.05 Å². The van der Waals surface area contributed by atoms with Crippen LogP contribution in [-0.4, -0.2) is 33.2 Å². The van der Waals surface area contributed by atoms with Crippen molar-refractivity contribution >= 4 is 17.7 Å². The van der Waals surface area contributed by atoms with Crippen molar-refractivity contribution in [1.82, 2.24) is 9.78 Å². The van der Waals surface area contributed by atoms with Crippen molar-refractivity contribution in [3.05, 3.63) is 41.6 Å². The predicted octanol–water partition coefficient (Wildman–Crippen LogP) is 2.60. The predicted molar refractivity (Wildman–Crippen MR) is 77.6 cm³/mol. The van der Waals surface area contributed by atoms with Gasteiger partial charge in [0.25, 0.3) is 0 Å². The second-order valence-corrected chi connectivity index (χ2v) is 5.39. The summed E-state index contributed by atoms with van der Waals surface area (Å²) in [5.74, 6) is 0.551. The molecule has 0 saturated heterocycles. The standard InChI is InChI=1S/C14H16N2O3S/c1-10-9-13(16(2)15-10)20-8-7-19-12-5-3-11(4-6-12)14(17)18/h3-6,9H,7-8H2,1-2H3,(H,17,18). The molecule has 1 aromatic heterocycles. The summed E-state index contributed by atoms with van der Waals surface area (Å²) < 4.78 is 7.41. The van der Waals surface area contributed by atoms with E-state index in [1.54, 1.807) is 23.9 Å². The molecule has 0 saturated carbocycles. The minimum atomic E-state index is -0.932. The summed E-state index contributed by atoms with van der Waals surface area (Å²) >= 11 is 1.68. The molecule has 0 atom stereocenters. The van der Waals surface area contributed by atoms with Crippen LogP contribution in [0.2, 0.25) is 0 Å². The Labute approximate surface area is 121 Å². The monoisotopic (exact) mass is 292 g/mol. The van der Waals surface area contributed by atoms with Gasteiger partial charge in [-0.1, -0.05) is 0 Å². The largest absolute Gasteiger partial charge is 0.493 e. The van der Waals surface area contributed by atoms with E-state index in [0.717, 1.165) is 16.5 Å². The highest BCUT2D eigenvalue weighted by Gasteiger charge is 2.04. The molecule has 0 bridgehead atoms. The highest BCUT2D eigenvalue weighted by Crippen LogP contribution is 2.18. The number of aromatic nitrogens is 2. The van der Waals surface area contributed by atoms with E-state index >= 15 is 0 Å². The number of thioether (sulfide) groups is 1. The molecule has 20 heavy (non-hydrogen) atoms. The van der Waals surface area contributed by atoms with Crippen molar-refractivity contribution in [1.29, 1.82) is 0 Å². The summed E-state index contributed by atoms with van der Waals surface area (Å²) in [4.78, 5) is 10.7. The van der Waals surface area contributed by atoms with Gasteiger partial charge in [-0.25, -0.2) is 4.79 Å². The zero-order valence-electron chi connectivity index (χ0n) is 11.4. The maximum Gasteiger partial charge on any atom is 0.335 e. The zero-order chi connectivity index (χ0) is 14.5. The molecule has 2 aromatic rings. The first-order chi connectivity index (χ1) is 9.56. The first-order valence-electron chi connectivity index (χ1n) is 6.16. The van der Waals surface area contributed by atoms with Crippen LogP contribution in [0.5, 0.6) is 5.75 Å². The molecule has 0 aliphatic carbocycles. The van der Waals surface area contributed by atoms with Crippen molar-refractivity contribution in [3.63, 3.8) is 0 Å². The number of aryl methyl sites for hydroxylation is 2. The highest BCUT2D eigenvalue weighted by atomic mass is 32.2. The molecule has 0 radical (unpaired) electrons. The third-order valence-electron chi connectivity index (χ3n) is 2.66. The molecule has 5 nitrogen and oxygen atoms in total. The van der Waals surface area contributed by atoms with Gasteiger partial charge in [0, 0.05) is 12.8 Å². The molecule has 2 rings (SSSR count). The van der Waals surface area contributed by atoms with E-state index in [-0.39, 0.29) is 5.56 Å². The van der Waals surface area contributed by atoms with Gasteiger partial charge >= 0.3 is 5.97 Å². The lowest BCUT2D eigenvalue weighted by atomic mass is 10.2. The van der Waals surface area contributed by atoms with Gasteiger partial charge in [-0.2, -0.15) is 5.10 Å². The van der Waals surface area contributed by atoms with Crippen LogP contribution in [0.25, 0.3) is 0 Å². The van der Waals surface area contributed by atoms with Crippen LogP contribution in [0, 0.1) is 6.92 Å². The molecule has 0 aliphatic rings.